The molecule has 1 atom stereocenters. The van der Waals surface area contributed by atoms with E-state index in [1.807, 2.05) is 36.9 Å². The molecule has 1 aromatic carbocycles. The molecule has 1 fully saturated rings. The molecule has 1 aliphatic heterocycles. The Labute approximate surface area is 147 Å². The highest BCUT2D eigenvalue weighted by molar-refractivity contribution is 5.88. The molecule has 2 amide bonds. The average Bonchev–Trinajstić information content (AvgIpc) is 2.58. The van der Waals surface area contributed by atoms with Gasteiger partial charge in [-0.2, -0.15) is 0 Å². The average molecular weight is 350 g/mol. The second kappa shape index (κ2) is 8.68. The predicted octanol–water partition coefficient (Wildman–Crippen LogP) is 0.163. The van der Waals surface area contributed by atoms with Crippen LogP contribution in [-0.4, -0.2) is 49.1 Å². The van der Waals surface area contributed by atoms with Gasteiger partial charge in [-0.3, -0.25) is 19.9 Å². The second-order valence-corrected chi connectivity index (χ2v) is 6.20. The van der Waals surface area contributed by atoms with Gasteiger partial charge in [-0.15, -0.1) is 0 Å². The van der Waals surface area contributed by atoms with Gasteiger partial charge in [0.25, 0.3) is 0 Å². The number of ether oxygens (including phenoxy) is 2. The molecule has 8 heteroatoms. The summed E-state index contributed by atoms with van der Waals surface area (Å²) >= 11 is 0. The number of hydrazine groups is 1. The molecular weight excluding hydrogens is 324 g/mol. The van der Waals surface area contributed by atoms with Crippen molar-refractivity contribution in [2.45, 2.75) is 39.0 Å². The molecule has 4 N–H and O–H groups in total. The molecule has 0 spiro atoms. The van der Waals surface area contributed by atoms with E-state index in [1.54, 1.807) is 7.11 Å². The van der Waals surface area contributed by atoms with Gasteiger partial charge in [-0.1, -0.05) is 6.07 Å². The molecule has 1 saturated heterocycles. The zero-order valence-electron chi connectivity index (χ0n) is 14.9. The number of methoxy groups -OCH3 is 1. The van der Waals surface area contributed by atoms with Crippen LogP contribution in [0.4, 0.5) is 0 Å². The lowest BCUT2D eigenvalue weighted by atomic mass is 10.1. The van der Waals surface area contributed by atoms with Crippen molar-refractivity contribution in [2.75, 3.05) is 20.2 Å². The first-order valence-electron chi connectivity index (χ1n) is 8.29. The Hall–Kier alpha value is -2.32. The molecule has 1 aliphatic rings. The maximum atomic E-state index is 12.1. The Bertz CT molecular complexity index is 621. The molecule has 2 rings (SSSR count). The number of carbonyl (C=O) groups is 2. The van der Waals surface area contributed by atoms with E-state index in [1.165, 1.54) is 0 Å². The first-order valence-corrected chi connectivity index (χ1v) is 8.29. The number of hydrogen-bond acceptors (Lipinski definition) is 6. The summed E-state index contributed by atoms with van der Waals surface area (Å²) in [7, 11) is 1.59. The van der Waals surface area contributed by atoms with E-state index in [0.717, 1.165) is 5.56 Å². The minimum Gasteiger partial charge on any atom is -0.493 e. The van der Waals surface area contributed by atoms with Gasteiger partial charge in [-0.25, -0.2) is 5.84 Å². The van der Waals surface area contributed by atoms with Crippen LogP contribution < -0.4 is 26.1 Å². The van der Waals surface area contributed by atoms with Crippen LogP contribution in [0.1, 0.15) is 25.8 Å². The van der Waals surface area contributed by atoms with Crippen molar-refractivity contribution >= 4 is 11.8 Å². The van der Waals surface area contributed by atoms with Crippen LogP contribution in [0, 0.1) is 0 Å². The Morgan fingerprint density at radius 1 is 1.44 bits per heavy atom. The lowest BCUT2D eigenvalue weighted by molar-refractivity contribution is -0.134. The minimum atomic E-state index is -0.546. The third-order valence-corrected chi connectivity index (χ3v) is 3.96. The van der Waals surface area contributed by atoms with Crippen molar-refractivity contribution in [3.8, 4) is 11.5 Å². The zero-order chi connectivity index (χ0) is 18.4. The van der Waals surface area contributed by atoms with Crippen molar-refractivity contribution in [1.29, 1.82) is 0 Å². The molecule has 25 heavy (non-hydrogen) atoms. The van der Waals surface area contributed by atoms with Crippen LogP contribution in [0.2, 0.25) is 0 Å². The zero-order valence-corrected chi connectivity index (χ0v) is 14.9. The monoisotopic (exact) mass is 350 g/mol. The molecule has 0 saturated carbocycles. The fourth-order valence-electron chi connectivity index (χ4n) is 2.80. The van der Waals surface area contributed by atoms with Gasteiger partial charge >= 0.3 is 0 Å². The topological polar surface area (TPSA) is 106 Å². The summed E-state index contributed by atoms with van der Waals surface area (Å²) in [6, 6.07) is 5.14. The van der Waals surface area contributed by atoms with Crippen molar-refractivity contribution < 1.29 is 19.1 Å². The van der Waals surface area contributed by atoms with Gasteiger partial charge in [0, 0.05) is 19.6 Å². The van der Waals surface area contributed by atoms with Crippen molar-refractivity contribution in [1.82, 2.24) is 15.6 Å². The summed E-state index contributed by atoms with van der Waals surface area (Å²) in [4.78, 5) is 25.7. The minimum absolute atomic E-state index is 0.0218. The molecule has 1 unspecified atom stereocenters. The van der Waals surface area contributed by atoms with Gasteiger partial charge in [0.1, 0.15) is 0 Å². The normalized spacial score (nSPS) is 18.0. The van der Waals surface area contributed by atoms with Crippen molar-refractivity contribution in [3.63, 3.8) is 0 Å². The maximum absolute atomic E-state index is 12.1. The van der Waals surface area contributed by atoms with E-state index in [0.29, 0.717) is 31.1 Å². The number of hydrogen-bond donors (Lipinski definition) is 3. The van der Waals surface area contributed by atoms with Crippen molar-refractivity contribution in [3.05, 3.63) is 23.8 Å². The summed E-state index contributed by atoms with van der Waals surface area (Å²) in [6.45, 7) is 5.62. The number of nitrogens with one attached hydrogen (secondary N) is 2. The highest BCUT2D eigenvalue weighted by Gasteiger charge is 2.31. The van der Waals surface area contributed by atoms with Crippen LogP contribution in [0.3, 0.4) is 0 Å². The van der Waals surface area contributed by atoms with Crippen molar-refractivity contribution in [2.24, 2.45) is 5.84 Å². The summed E-state index contributed by atoms with van der Waals surface area (Å²) in [5.74, 6) is 5.93. The van der Waals surface area contributed by atoms with Gasteiger partial charge in [0.15, 0.2) is 11.5 Å². The lowest BCUT2D eigenvalue weighted by Gasteiger charge is -2.34. The van der Waals surface area contributed by atoms with E-state index >= 15 is 0 Å². The first kappa shape index (κ1) is 19.0. The highest BCUT2D eigenvalue weighted by atomic mass is 16.5. The first-order chi connectivity index (χ1) is 11.9. The second-order valence-electron chi connectivity index (χ2n) is 6.20. The Kier molecular flexibility index (Phi) is 6.60. The molecule has 0 aromatic heterocycles. The fraction of sp³-hybridized carbons (Fsp3) is 0.529. The largest absolute Gasteiger partial charge is 0.493 e. The molecule has 0 radical (unpaired) electrons. The molecule has 0 bridgehead atoms. The maximum Gasteiger partial charge on any atom is 0.237 e. The number of piperazine rings is 1. The standard InChI is InChI=1S/C17H26N4O4/c1-11(2)25-14-5-4-12(8-15(14)24-3)10-21-7-6-19-17(23)13(21)9-16(22)20-18/h4-5,8,11,13H,6-7,9-10,18H2,1-3H3,(H,19,23)(H,20,22). The number of benzene rings is 1. The summed E-state index contributed by atoms with van der Waals surface area (Å²) < 4.78 is 11.1. The molecular formula is C17H26N4O4. The van der Waals surface area contributed by atoms with Gasteiger partial charge in [0.2, 0.25) is 11.8 Å². The lowest BCUT2D eigenvalue weighted by Crippen LogP contribution is -2.56. The predicted molar refractivity (Wildman–Crippen MR) is 92.9 cm³/mol. The third-order valence-electron chi connectivity index (χ3n) is 3.96. The summed E-state index contributed by atoms with van der Waals surface area (Å²) in [6.07, 6.45) is 0.0679. The van der Waals surface area contributed by atoms with Crippen LogP contribution >= 0.6 is 0 Å². The number of nitrogens with two attached hydrogens (primary N) is 1. The third kappa shape index (κ3) is 5.07. The van der Waals surface area contributed by atoms with E-state index < -0.39 is 6.04 Å². The highest BCUT2D eigenvalue weighted by Crippen LogP contribution is 2.29. The van der Waals surface area contributed by atoms with Crippen LogP contribution in [0.25, 0.3) is 0 Å². The number of nitrogens with zero attached hydrogens (tertiary/aromatic N) is 1. The number of amides is 2. The fourth-order valence-corrected chi connectivity index (χ4v) is 2.80. The number of rotatable bonds is 7. The molecule has 1 aromatic rings. The van der Waals surface area contributed by atoms with Crippen LogP contribution in [-0.2, 0) is 16.1 Å². The molecule has 138 valence electrons. The van der Waals surface area contributed by atoms with E-state index in [9.17, 15) is 9.59 Å². The van der Waals surface area contributed by atoms with Gasteiger partial charge in [0.05, 0.1) is 25.7 Å². The van der Waals surface area contributed by atoms with E-state index in [2.05, 4.69) is 10.7 Å². The van der Waals surface area contributed by atoms with Gasteiger partial charge < -0.3 is 14.8 Å². The SMILES string of the molecule is COc1cc(CN2CCNC(=O)C2CC(=O)NN)ccc1OC(C)C. The number of carbonyl (C=O) groups excluding carboxylic acids is 2. The van der Waals surface area contributed by atoms with Gasteiger partial charge in [-0.05, 0) is 31.5 Å². The van der Waals surface area contributed by atoms with E-state index in [-0.39, 0.29) is 24.3 Å². The Balaban J connectivity index is 2.15. The molecule has 8 nitrogen and oxygen atoms in total. The summed E-state index contributed by atoms with van der Waals surface area (Å²) in [5.41, 5.74) is 3.05. The molecule has 1 heterocycles. The van der Waals surface area contributed by atoms with E-state index in [4.69, 9.17) is 15.3 Å². The molecule has 0 aliphatic carbocycles. The quantitative estimate of drug-likeness (QED) is 0.368. The summed E-state index contributed by atoms with van der Waals surface area (Å²) in [5, 5.41) is 2.78. The van der Waals surface area contributed by atoms with Crippen LogP contribution in [0.15, 0.2) is 18.2 Å². The smallest absolute Gasteiger partial charge is 0.237 e. The Morgan fingerprint density at radius 3 is 2.84 bits per heavy atom. The van der Waals surface area contributed by atoms with Crippen LogP contribution in [0.5, 0.6) is 11.5 Å². The Morgan fingerprint density at radius 2 is 2.20 bits per heavy atom.